The maximum Gasteiger partial charge on any atom is 0.209 e. The summed E-state index contributed by atoms with van der Waals surface area (Å²) >= 11 is 0. The summed E-state index contributed by atoms with van der Waals surface area (Å²) in [6.07, 6.45) is 4.46. The SMILES string of the molecule is CN(C)c1ccc(/C=C/C2=[N+](C)c3ccccc3C2(C)C)cc1.Cl.[Cl-]. The molecular formula is C21H26Cl2N2. The number of halogens is 2. The van der Waals surface area contributed by atoms with E-state index in [1.165, 1.54) is 28.2 Å². The van der Waals surface area contributed by atoms with Gasteiger partial charge in [-0.1, -0.05) is 30.3 Å². The van der Waals surface area contributed by atoms with Crippen molar-refractivity contribution in [2.24, 2.45) is 0 Å². The predicted octanol–water partition coefficient (Wildman–Crippen LogP) is 1.90. The maximum absolute atomic E-state index is 2.31. The number of para-hydroxylation sites is 1. The molecule has 0 fully saturated rings. The minimum Gasteiger partial charge on any atom is -1.00 e. The highest BCUT2D eigenvalue weighted by Crippen LogP contribution is 2.39. The first-order valence-electron chi connectivity index (χ1n) is 8.07. The Bertz CT molecular complexity index is 788. The molecule has 1 aliphatic heterocycles. The van der Waals surface area contributed by atoms with Crippen LogP contribution in [0.15, 0.2) is 54.6 Å². The summed E-state index contributed by atoms with van der Waals surface area (Å²) in [5.41, 5.74) is 6.51. The van der Waals surface area contributed by atoms with Gasteiger partial charge in [-0.05, 0) is 37.6 Å². The maximum atomic E-state index is 2.31. The molecule has 134 valence electrons. The zero-order valence-electron chi connectivity index (χ0n) is 15.5. The van der Waals surface area contributed by atoms with E-state index in [-0.39, 0.29) is 30.2 Å². The van der Waals surface area contributed by atoms with Crippen LogP contribution in [-0.2, 0) is 5.41 Å². The molecule has 0 aromatic heterocycles. The van der Waals surface area contributed by atoms with E-state index in [4.69, 9.17) is 0 Å². The molecule has 2 aromatic carbocycles. The van der Waals surface area contributed by atoms with Crippen LogP contribution in [0, 0.1) is 0 Å². The molecule has 0 unspecified atom stereocenters. The van der Waals surface area contributed by atoms with Gasteiger partial charge in [0.05, 0.1) is 5.41 Å². The Morgan fingerprint density at radius 3 is 2.08 bits per heavy atom. The molecule has 2 nitrogen and oxygen atoms in total. The lowest BCUT2D eigenvalue weighted by Crippen LogP contribution is -3.00. The van der Waals surface area contributed by atoms with E-state index in [0.717, 1.165) is 0 Å². The van der Waals surface area contributed by atoms with E-state index in [1.54, 1.807) is 0 Å². The number of anilines is 1. The van der Waals surface area contributed by atoms with Crippen molar-refractivity contribution in [3.63, 3.8) is 0 Å². The lowest BCUT2D eigenvalue weighted by molar-refractivity contribution is -0.401. The molecule has 0 N–H and O–H groups in total. The van der Waals surface area contributed by atoms with Crippen LogP contribution in [0.3, 0.4) is 0 Å². The van der Waals surface area contributed by atoms with Crippen molar-refractivity contribution in [1.82, 2.24) is 0 Å². The van der Waals surface area contributed by atoms with Crippen LogP contribution in [0.2, 0.25) is 0 Å². The Hall–Kier alpha value is -1.77. The molecule has 1 heterocycles. The molecule has 0 saturated heterocycles. The van der Waals surface area contributed by atoms with Gasteiger partial charge in [0.1, 0.15) is 7.05 Å². The van der Waals surface area contributed by atoms with Crippen LogP contribution >= 0.6 is 12.4 Å². The van der Waals surface area contributed by atoms with Gasteiger partial charge in [-0.2, -0.15) is 4.58 Å². The molecule has 0 radical (unpaired) electrons. The van der Waals surface area contributed by atoms with Crippen LogP contribution in [0.4, 0.5) is 11.4 Å². The summed E-state index contributed by atoms with van der Waals surface area (Å²) in [7, 11) is 6.28. The minimum absolute atomic E-state index is 0. The number of fused-ring (bicyclic) bond motifs is 1. The van der Waals surface area contributed by atoms with Crippen molar-refractivity contribution < 1.29 is 17.0 Å². The third-order valence-corrected chi connectivity index (χ3v) is 4.78. The molecule has 4 heteroatoms. The first-order chi connectivity index (χ1) is 10.9. The number of hydrogen-bond donors (Lipinski definition) is 0. The number of benzene rings is 2. The summed E-state index contributed by atoms with van der Waals surface area (Å²) < 4.78 is 2.31. The van der Waals surface area contributed by atoms with E-state index in [0.29, 0.717) is 0 Å². The summed E-state index contributed by atoms with van der Waals surface area (Å²) in [6.45, 7) is 4.59. The predicted molar refractivity (Wildman–Crippen MR) is 107 cm³/mol. The molecule has 0 aliphatic carbocycles. The number of allylic oxidation sites excluding steroid dienone is 1. The largest absolute Gasteiger partial charge is 1.00 e. The second-order valence-electron chi connectivity index (χ2n) is 6.91. The Kier molecular flexibility index (Phi) is 6.87. The summed E-state index contributed by atoms with van der Waals surface area (Å²) in [5, 5.41) is 0. The lowest BCUT2D eigenvalue weighted by atomic mass is 9.81. The molecule has 0 spiro atoms. The van der Waals surface area contributed by atoms with Gasteiger partial charge in [-0.15, -0.1) is 12.4 Å². The van der Waals surface area contributed by atoms with E-state index in [1.807, 2.05) is 0 Å². The zero-order valence-corrected chi connectivity index (χ0v) is 17.0. The summed E-state index contributed by atoms with van der Waals surface area (Å²) in [4.78, 5) is 2.12. The zero-order chi connectivity index (χ0) is 16.6. The first-order valence-corrected chi connectivity index (χ1v) is 8.07. The number of nitrogens with zero attached hydrogens (tertiary/aromatic N) is 2. The Labute approximate surface area is 163 Å². The third-order valence-electron chi connectivity index (χ3n) is 4.78. The highest BCUT2D eigenvalue weighted by atomic mass is 35.5. The normalized spacial score (nSPS) is 14.8. The minimum atomic E-state index is 0. The molecule has 0 amide bonds. The summed E-state index contributed by atoms with van der Waals surface area (Å²) in [5.74, 6) is 0. The Morgan fingerprint density at radius 2 is 1.52 bits per heavy atom. The molecule has 25 heavy (non-hydrogen) atoms. The monoisotopic (exact) mass is 376 g/mol. The first kappa shape index (κ1) is 21.3. The van der Waals surface area contributed by atoms with Gasteiger partial charge in [0.2, 0.25) is 5.69 Å². The molecule has 0 saturated carbocycles. The fourth-order valence-electron chi connectivity index (χ4n) is 3.36. The second kappa shape index (κ2) is 8.07. The van der Waals surface area contributed by atoms with E-state index in [9.17, 15) is 0 Å². The van der Waals surface area contributed by atoms with E-state index >= 15 is 0 Å². The highest BCUT2D eigenvalue weighted by molar-refractivity contribution is 6.05. The Balaban J connectivity index is 0.00000156. The molecule has 0 bridgehead atoms. The quantitative estimate of drug-likeness (QED) is 0.741. The summed E-state index contributed by atoms with van der Waals surface area (Å²) in [6, 6.07) is 17.3. The average Bonchev–Trinajstić information content (AvgIpc) is 2.73. The molecule has 3 rings (SSSR count). The van der Waals surface area contributed by atoms with Crippen LogP contribution in [-0.4, -0.2) is 31.4 Å². The van der Waals surface area contributed by atoms with Crippen molar-refractivity contribution in [2.75, 3.05) is 26.0 Å². The number of rotatable bonds is 3. The highest BCUT2D eigenvalue weighted by Gasteiger charge is 2.42. The Morgan fingerprint density at radius 1 is 0.920 bits per heavy atom. The van der Waals surface area contributed by atoms with Crippen LogP contribution in [0.5, 0.6) is 0 Å². The van der Waals surface area contributed by atoms with Gasteiger partial charge in [0.25, 0.3) is 0 Å². The van der Waals surface area contributed by atoms with Crippen molar-refractivity contribution in [1.29, 1.82) is 0 Å². The smallest absolute Gasteiger partial charge is 0.209 e. The van der Waals surface area contributed by atoms with Gasteiger partial charge in [0.15, 0.2) is 5.71 Å². The van der Waals surface area contributed by atoms with Gasteiger partial charge < -0.3 is 17.3 Å². The number of hydrogen-bond acceptors (Lipinski definition) is 1. The van der Waals surface area contributed by atoms with Gasteiger partial charge in [-0.25, -0.2) is 0 Å². The van der Waals surface area contributed by atoms with Gasteiger partial charge >= 0.3 is 0 Å². The van der Waals surface area contributed by atoms with E-state index < -0.39 is 0 Å². The average molecular weight is 377 g/mol. The second-order valence-corrected chi connectivity index (χ2v) is 6.91. The fraction of sp³-hybridized carbons (Fsp3) is 0.286. The van der Waals surface area contributed by atoms with Crippen molar-refractivity contribution >= 4 is 35.6 Å². The van der Waals surface area contributed by atoms with Crippen LogP contribution in [0.1, 0.15) is 25.0 Å². The van der Waals surface area contributed by atoms with Gasteiger partial charge in [-0.3, -0.25) is 0 Å². The molecule has 2 aromatic rings. The molecule has 0 atom stereocenters. The molecular weight excluding hydrogens is 351 g/mol. The van der Waals surface area contributed by atoms with E-state index in [2.05, 4.69) is 105 Å². The van der Waals surface area contributed by atoms with Crippen molar-refractivity contribution in [3.8, 4) is 0 Å². The van der Waals surface area contributed by atoms with Gasteiger partial charge in [0, 0.05) is 37.5 Å². The van der Waals surface area contributed by atoms with Crippen LogP contribution in [0.25, 0.3) is 6.08 Å². The standard InChI is InChI=1S/C21H25N2.2ClH/c1-21(2)18-8-6-7-9-19(18)23(5)20(21)15-12-16-10-13-17(14-11-16)22(3)4;;/h6-15H,1-5H3;2*1H/q+1;;/p-1. The fourth-order valence-corrected chi connectivity index (χ4v) is 3.36. The van der Waals surface area contributed by atoms with Crippen molar-refractivity contribution in [3.05, 3.63) is 65.7 Å². The lowest BCUT2D eigenvalue weighted by Gasteiger charge is -2.15. The topological polar surface area (TPSA) is 6.25 Å². The third kappa shape index (κ3) is 3.91. The van der Waals surface area contributed by atoms with Crippen LogP contribution < -0.4 is 17.3 Å². The van der Waals surface area contributed by atoms with Crippen molar-refractivity contribution in [2.45, 2.75) is 19.3 Å². The molecule has 1 aliphatic rings.